The number of carbonyl (C=O) groups is 1. The number of amides is 1. The fraction of sp³-hybridized carbons (Fsp3) is 0.0455. The zero-order valence-corrected chi connectivity index (χ0v) is 14.9. The van der Waals surface area contributed by atoms with Crippen LogP contribution in [0.5, 0.6) is 0 Å². The van der Waals surface area contributed by atoms with Gasteiger partial charge in [-0.3, -0.25) is 15.0 Å². The monoisotopic (exact) mass is 357 g/mol. The smallest absolute Gasteiger partial charge is 0.275 e. The molecule has 3 aromatic rings. The Labute approximate surface area is 157 Å². The summed E-state index contributed by atoms with van der Waals surface area (Å²) in [7, 11) is 0. The molecule has 2 N–H and O–H groups in total. The number of hydrogen-bond donors (Lipinski definition) is 2. The molecule has 0 spiro atoms. The van der Waals surface area contributed by atoms with Crippen molar-refractivity contribution in [3.05, 3.63) is 84.3 Å². The second-order valence-corrected chi connectivity index (χ2v) is 5.81. The van der Waals surface area contributed by atoms with Crippen molar-refractivity contribution in [1.82, 2.24) is 15.4 Å². The van der Waals surface area contributed by atoms with Crippen LogP contribution >= 0.6 is 0 Å². The largest absolute Gasteiger partial charge is 0.288 e. The van der Waals surface area contributed by atoms with E-state index in [0.717, 1.165) is 16.7 Å². The highest BCUT2D eigenvalue weighted by atomic mass is 16.5. The van der Waals surface area contributed by atoms with Crippen LogP contribution in [0, 0.1) is 0 Å². The number of benzene rings is 1. The standard InChI is InChI=1S/C22H19N3O2/c1-3-5-18-19(22(26)25-27)14-21(24-20(18)4-2)17-8-6-15(7-9-17)16-10-12-23-13-11-16/h3-14,27H,2H2,1H3,(H,25,26)/b5-3-. The molecule has 0 radical (unpaired) electrons. The molecule has 1 amide bonds. The van der Waals surface area contributed by atoms with Crippen molar-refractivity contribution in [3.8, 4) is 22.4 Å². The van der Waals surface area contributed by atoms with Gasteiger partial charge in [-0.15, -0.1) is 0 Å². The first kappa shape index (κ1) is 18.2. The first-order chi connectivity index (χ1) is 13.2. The first-order valence-electron chi connectivity index (χ1n) is 8.43. The molecule has 3 rings (SSSR count). The SMILES string of the molecule is C=Cc1nc(-c2ccc(-c3ccncc3)cc2)cc(C(=O)NO)c1/C=C\C. The van der Waals surface area contributed by atoms with E-state index in [9.17, 15) is 4.79 Å². The highest BCUT2D eigenvalue weighted by Gasteiger charge is 2.16. The minimum atomic E-state index is -0.594. The van der Waals surface area contributed by atoms with E-state index in [-0.39, 0.29) is 0 Å². The maximum Gasteiger partial charge on any atom is 0.275 e. The van der Waals surface area contributed by atoms with E-state index in [2.05, 4.69) is 16.5 Å². The van der Waals surface area contributed by atoms with Crippen LogP contribution in [0.2, 0.25) is 0 Å². The average Bonchev–Trinajstić information content (AvgIpc) is 2.74. The molecular weight excluding hydrogens is 338 g/mol. The van der Waals surface area contributed by atoms with Gasteiger partial charge in [0.15, 0.2) is 0 Å². The summed E-state index contributed by atoms with van der Waals surface area (Å²) in [5, 5.41) is 9.09. The molecule has 0 aliphatic rings. The topological polar surface area (TPSA) is 75.1 Å². The van der Waals surface area contributed by atoms with Gasteiger partial charge in [0, 0.05) is 23.5 Å². The summed E-state index contributed by atoms with van der Waals surface area (Å²) < 4.78 is 0. The lowest BCUT2D eigenvalue weighted by Gasteiger charge is -2.12. The number of carbonyl (C=O) groups excluding carboxylic acids is 1. The van der Waals surface area contributed by atoms with Crippen molar-refractivity contribution in [2.24, 2.45) is 0 Å². The van der Waals surface area contributed by atoms with Crippen LogP contribution < -0.4 is 5.48 Å². The molecule has 0 bridgehead atoms. The Hall–Kier alpha value is -3.57. The molecule has 27 heavy (non-hydrogen) atoms. The summed E-state index contributed by atoms with van der Waals surface area (Å²) in [6.45, 7) is 5.64. The van der Waals surface area contributed by atoms with E-state index in [1.807, 2.05) is 43.3 Å². The molecule has 2 heterocycles. The molecule has 0 atom stereocenters. The third-order valence-electron chi connectivity index (χ3n) is 4.16. The van der Waals surface area contributed by atoms with Gasteiger partial charge in [0.25, 0.3) is 5.91 Å². The number of hydrogen-bond acceptors (Lipinski definition) is 4. The van der Waals surface area contributed by atoms with Gasteiger partial charge in [-0.25, -0.2) is 10.5 Å². The zero-order chi connectivity index (χ0) is 19.2. The molecule has 0 aliphatic heterocycles. The maximum absolute atomic E-state index is 12.1. The van der Waals surface area contributed by atoms with Crippen LogP contribution in [0.25, 0.3) is 34.5 Å². The maximum atomic E-state index is 12.1. The van der Waals surface area contributed by atoms with Crippen molar-refractivity contribution < 1.29 is 10.0 Å². The van der Waals surface area contributed by atoms with Gasteiger partial charge >= 0.3 is 0 Å². The zero-order valence-electron chi connectivity index (χ0n) is 14.9. The summed E-state index contributed by atoms with van der Waals surface area (Å²) in [5.41, 5.74) is 6.81. The number of aromatic nitrogens is 2. The van der Waals surface area contributed by atoms with Crippen LogP contribution in [-0.4, -0.2) is 21.1 Å². The number of nitrogens with one attached hydrogen (secondary N) is 1. The molecule has 0 saturated carbocycles. The fourth-order valence-corrected chi connectivity index (χ4v) is 2.85. The summed E-state index contributed by atoms with van der Waals surface area (Å²) in [5.74, 6) is -0.594. The van der Waals surface area contributed by atoms with Gasteiger partial charge in [0.1, 0.15) is 0 Å². The van der Waals surface area contributed by atoms with Gasteiger partial charge in [0.2, 0.25) is 0 Å². The summed E-state index contributed by atoms with van der Waals surface area (Å²) in [6, 6.07) is 13.4. The fourth-order valence-electron chi connectivity index (χ4n) is 2.85. The van der Waals surface area contributed by atoms with E-state index >= 15 is 0 Å². The average molecular weight is 357 g/mol. The first-order valence-corrected chi connectivity index (χ1v) is 8.43. The molecule has 5 nitrogen and oxygen atoms in total. The van der Waals surface area contributed by atoms with E-state index in [1.54, 1.807) is 42.2 Å². The van der Waals surface area contributed by atoms with Gasteiger partial charge in [-0.05, 0) is 42.3 Å². The van der Waals surface area contributed by atoms with Crippen LogP contribution in [0.1, 0.15) is 28.5 Å². The van der Waals surface area contributed by atoms with E-state index in [4.69, 9.17) is 5.21 Å². The van der Waals surface area contributed by atoms with E-state index < -0.39 is 5.91 Å². The summed E-state index contributed by atoms with van der Waals surface area (Å²) >= 11 is 0. The van der Waals surface area contributed by atoms with Gasteiger partial charge in [-0.1, -0.05) is 43.0 Å². The van der Waals surface area contributed by atoms with Crippen LogP contribution in [0.4, 0.5) is 0 Å². The van der Waals surface area contributed by atoms with E-state index in [0.29, 0.717) is 22.5 Å². The Morgan fingerprint density at radius 3 is 2.30 bits per heavy atom. The minimum absolute atomic E-state index is 0.328. The molecule has 1 aromatic carbocycles. The lowest BCUT2D eigenvalue weighted by molar-refractivity contribution is 0.0706. The lowest BCUT2D eigenvalue weighted by Crippen LogP contribution is -2.20. The molecular formula is C22H19N3O2. The van der Waals surface area contributed by atoms with Crippen molar-refractivity contribution in [1.29, 1.82) is 0 Å². The highest BCUT2D eigenvalue weighted by Crippen LogP contribution is 2.27. The van der Waals surface area contributed by atoms with Gasteiger partial charge in [-0.2, -0.15) is 0 Å². The van der Waals surface area contributed by atoms with Crippen LogP contribution in [-0.2, 0) is 0 Å². The van der Waals surface area contributed by atoms with E-state index in [1.165, 1.54) is 0 Å². The predicted octanol–water partition coefficient (Wildman–Crippen LogP) is 4.61. The number of nitrogens with zero attached hydrogens (tertiary/aromatic N) is 2. The second-order valence-electron chi connectivity index (χ2n) is 5.81. The lowest BCUT2D eigenvalue weighted by atomic mass is 9.99. The Morgan fingerprint density at radius 2 is 1.70 bits per heavy atom. The minimum Gasteiger partial charge on any atom is -0.288 e. The van der Waals surface area contributed by atoms with Gasteiger partial charge < -0.3 is 0 Å². The summed E-state index contributed by atoms with van der Waals surface area (Å²) in [4.78, 5) is 20.8. The van der Waals surface area contributed by atoms with Crippen molar-refractivity contribution in [2.45, 2.75) is 6.92 Å². The molecule has 134 valence electrons. The van der Waals surface area contributed by atoms with Crippen molar-refractivity contribution >= 4 is 18.1 Å². The Kier molecular flexibility index (Phi) is 5.54. The normalized spacial score (nSPS) is 10.7. The Balaban J connectivity index is 2.08. The quantitative estimate of drug-likeness (QED) is 0.517. The second kappa shape index (κ2) is 8.21. The number of pyridine rings is 2. The van der Waals surface area contributed by atoms with Gasteiger partial charge in [0.05, 0.1) is 17.0 Å². The Bertz CT molecular complexity index is 994. The molecule has 2 aromatic heterocycles. The molecule has 0 unspecified atom stereocenters. The third-order valence-corrected chi connectivity index (χ3v) is 4.16. The highest BCUT2D eigenvalue weighted by molar-refractivity contribution is 5.99. The molecule has 0 aliphatic carbocycles. The summed E-state index contributed by atoms with van der Waals surface area (Å²) in [6.07, 6.45) is 8.67. The van der Waals surface area contributed by atoms with Crippen LogP contribution in [0.3, 0.4) is 0 Å². The number of hydroxylamine groups is 1. The van der Waals surface area contributed by atoms with Crippen molar-refractivity contribution in [2.75, 3.05) is 0 Å². The number of allylic oxidation sites excluding steroid dienone is 1. The molecule has 5 heteroatoms. The van der Waals surface area contributed by atoms with Crippen molar-refractivity contribution in [3.63, 3.8) is 0 Å². The van der Waals surface area contributed by atoms with Crippen LogP contribution in [0.15, 0.2) is 67.5 Å². The Morgan fingerprint density at radius 1 is 1.07 bits per heavy atom. The predicted molar refractivity (Wildman–Crippen MR) is 107 cm³/mol. The number of rotatable bonds is 5. The molecule has 0 fully saturated rings. The molecule has 0 saturated heterocycles. The third kappa shape index (κ3) is 3.83.